The molecule has 7 aromatic rings. The first kappa shape index (κ1) is 57.3. The van der Waals surface area contributed by atoms with Gasteiger partial charge >= 0.3 is 0 Å². The molecule has 3 N–H and O–H groups in total. The van der Waals surface area contributed by atoms with Crippen LogP contribution in [-0.4, -0.2) is 116 Å². The molecule has 1 saturated heterocycles. The van der Waals surface area contributed by atoms with Gasteiger partial charge in [-0.2, -0.15) is 0 Å². The highest BCUT2D eigenvalue weighted by atomic mass is 35.5. The molecule has 20 heteroatoms. The zero-order valence-electron chi connectivity index (χ0n) is 44.2. The van der Waals surface area contributed by atoms with Crippen molar-refractivity contribution in [1.29, 1.82) is 0 Å². The summed E-state index contributed by atoms with van der Waals surface area (Å²) in [5.74, 6) is 1.11. The lowest BCUT2D eigenvalue weighted by Crippen LogP contribution is -2.58. The second-order valence-corrected chi connectivity index (χ2v) is 20.9. The van der Waals surface area contributed by atoms with Gasteiger partial charge in [-0.05, 0) is 103 Å². The Morgan fingerprint density at radius 1 is 0.808 bits per heavy atom. The highest BCUT2D eigenvalue weighted by molar-refractivity contribution is 7.13. The molecule has 4 heterocycles. The van der Waals surface area contributed by atoms with Gasteiger partial charge in [0, 0.05) is 29.7 Å². The van der Waals surface area contributed by atoms with Crippen molar-refractivity contribution in [2.75, 3.05) is 71.3 Å². The fraction of sp³-hybridized carbons (Fsp3) is 0.379. The van der Waals surface area contributed by atoms with E-state index < -0.39 is 23.4 Å². The van der Waals surface area contributed by atoms with E-state index in [1.54, 1.807) is 40.5 Å². The van der Waals surface area contributed by atoms with Crippen LogP contribution in [0.3, 0.4) is 0 Å². The molecule has 412 valence electrons. The van der Waals surface area contributed by atoms with Crippen LogP contribution in [0, 0.1) is 18.2 Å². The van der Waals surface area contributed by atoms with Crippen molar-refractivity contribution in [3.8, 4) is 27.5 Å². The zero-order valence-corrected chi connectivity index (χ0v) is 45.8. The van der Waals surface area contributed by atoms with Gasteiger partial charge in [-0.1, -0.05) is 68.8 Å². The van der Waals surface area contributed by atoms with Gasteiger partial charge in [-0.3, -0.25) is 14.4 Å². The first-order valence-corrected chi connectivity index (χ1v) is 27.1. The van der Waals surface area contributed by atoms with Crippen molar-refractivity contribution in [2.45, 2.75) is 72.4 Å². The molecule has 2 atom stereocenters. The van der Waals surface area contributed by atoms with E-state index in [4.69, 9.17) is 44.4 Å². The molecule has 3 aromatic heterocycles. The van der Waals surface area contributed by atoms with Gasteiger partial charge in [0.25, 0.3) is 0 Å². The zero-order chi connectivity index (χ0) is 54.9. The molecule has 0 bridgehead atoms. The smallest absolute Gasteiger partial charge is 0.246 e. The minimum Gasteiger partial charge on any atom is -0.487 e. The SMILES string of the molecule is Cc1ncsc1-c1ccc(CNC(=O)[C@@H]2CCCN2C(=O)C(NC(=O)COCCOCCOCCOCCOCc2ccc(-c3ccc4ncnc(Nc5ccc(OCc6cccc(F)c6)c(Cl)c5)c4c3)o2)C(C)(C)C)cc1. The number of benzene rings is 4. The summed E-state index contributed by atoms with van der Waals surface area (Å²) in [6.45, 7) is 11.2. The minimum atomic E-state index is -0.853. The van der Waals surface area contributed by atoms with E-state index in [9.17, 15) is 18.8 Å². The van der Waals surface area contributed by atoms with Crippen LogP contribution in [0.4, 0.5) is 15.9 Å². The number of hydrogen-bond acceptors (Lipinski definition) is 15. The van der Waals surface area contributed by atoms with Crippen LogP contribution in [0.5, 0.6) is 5.75 Å². The summed E-state index contributed by atoms with van der Waals surface area (Å²) in [7, 11) is 0. The number of aromatic nitrogens is 3. The number of aryl methyl sites for hydroxylation is 1. The van der Waals surface area contributed by atoms with Gasteiger partial charge in [0.15, 0.2) is 0 Å². The lowest BCUT2D eigenvalue weighted by atomic mass is 9.85. The van der Waals surface area contributed by atoms with E-state index in [-0.39, 0.29) is 50.7 Å². The standard InChI is InChI=1S/C58H65ClFN7O10S/c1-38-53(78-37-64-38)41-12-10-39(11-13-41)32-61-56(69)49-9-6-20-67(49)57(70)54(58(2,3)4)66-52(68)35-75-28-26-73-24-22-71-21-23-72-25-27-74-34-45-16-19-50(77-45)42-14-17-48-46(30-42)55(63-36-62-48)65-44-15-18-51(47(59)31-44)76-33-40-7-5-8-43(60)29-40/h5,7-8,10-19,29-31,36-37,49,54H,6,9,20-28,32-35H2,1-4H3,(H,61,69)(H,66,68)(H,62,63,65)/t49-,54?/m0/s1. The summed E-state index contributed by atoms with van der Waals surface area (Å²) in [4.78, 5) is 56.2. The van der Waals surface area contributed by atoms with E-state index in [0.29, 0.717) is 105 Å². The van der Waals surface area contributed by atoms with Crippen LogP contribution < -0.4 is 20.7 Å². The molecule has 78 heavy (non-hydrogen) atoms. The predicted octanol–water partition coefficient (Wildman–Crippen LogP) is 9.86. The Morgan fingerprint density at radius 3 is 2.24 bits per heavy atom. The molecule has 1 aliphatic heterocycles. The number of anilines is 2. The largest absolute Gasteiger partial charge is 0.487 e. The third kappa shape index (κ3) is 16.4. The summed E-state index contributed by atoms with van der Waals surface area (Å²) < 4.78 is 53.7. The van der Waals surface area contributed by atoms with Crippen LogP contribution >= 0.6 is 22.9 Å². The molecule has 17 nitrogen and oxygen atoms in total. The highest BCUT2D eigenvalue weighted by Gasteiger charge is 2.42. The van der Waals surface area contributed by atoms with E-state index in [1.807, 2.05) is 93.9 Å². The molecule has 4 aromatic carbocycles. The molecule has 1 fully saturated rings. The second-order valence-electron chi connectivity index (χ2n) is 19.6. The van der Waals surface area contributed by atoms with E-state index >= 15 is 0 Å². The van der Waals surface area contributed by atoms with Crippen molar-refractivity contribution >= 4 is 63.1 Å². The number of likely N-dealkylation sites (tertiary alicyclic amines) is 1. The maximum absolute atomic E-state index is 13.9. The second kappa shape index (κ2) is 28.2. The Labute approximate surface area is 462 Å². The number of nitrogens with one attached hydrogen (secondary N) is 3. The van der Waals surface area contributed by atoms with Gasteiger partial charge in [-0.25, -0.2) is 19.3 Å². The number of amides is 3. The number of nitrogens with zero attached hydrogens (tertiary/aromatic N) is 4. The number of rotatable bonds is 28. The van der Waals surface area contributed by atoms with Gasteiger partial charge < -0.3 is 53.7 Å². The molecular formula is C58H65ClFN7O10S. The fourth-order valence-electron chi connectivity index (χ4n) is 8.64. The lowest BCUT2D eigenvalue weighted by Gasteiger charge is -2.35. The quantitative estimate of drug-likeness (QED) is 0.0392. The summed E-state index contributed by atoms with van der Waals surface area (Å²) in [5, 5.41) is 10.4. The molecular weight excluding hydrogens is 1040 g/mol. The van der Waals surface area contributed by atoms with Crippen LogP contribution in [-0.2, 0) is 57.8 Å². The summed E-state index contributed by atoms with van der Waals surface area (Å²) in [6, 6.07) is 27.6. The van der Waals surface area contributed by atoms with Crippen molar-refractivity contribution in [3.05, 3.63) is 142 Å². The topological polar surface area (TPSA) is 198 Å². The van der Waals surface area contributed by atoms with Gasteiger partial charge in [0.2, 0.25) is 17.7 Å². The van der Waals surface area contributed by atoms with Crippen LogP contribution in [0.25, 0.3) is 32.7 Å². The highest BCUT2D eigenvalue weighted by Crippen LogP contribution is 2.34. The number of carbonyl (C=O) groups is 3. The molecule has 0 aliphatic carbocycles. The first-order valence-electron chi connectivity index (χ1n) is 25.8. The molecule has 3 amide bonds. The molecule has 0 spiro atoms. The number of ether oxygens (including phenoxy) is 6. The summed E-state index contributed by atoms with van der Waals surface area (Å²) in [5.41, 5.74) is 7.19. The predicted molar refractivity (Wildman–Crippen MR) is 296 cm³/mol. The molecule has 0 saturated carbocycles. The Balaban J connectivity index is 0.656. The fourth-order valence-corrected chi connectivity index (χ4v) is 9.68. The van der Waals surface area contributed by atoms with Crippen molar-refractivity contribution in [1.82, 2.24) is 30.5 Å². The van der Waals surface area contributed by atoms with Gasteiger partial charge in [0.05, 0.1) is 79.5 Å². The summed E-state index contributed by atoms with van der Waals surface area (Å²) in [6.07, 6.45) is 2.73. The lowest BCUT2D eigenvalue weighted by molar-refractivity contribution is -0.144. The van der Waals surface area contributed by atoms with E-state index in [1.165, 1.54) is 18.5 Å². The monoisotopic (exact) mass is 1110 g/mol. The van der Waals surface area contributed by atoms with Gasteiger partial charge in [-0.15, -0.1) is 11.3 Å². The number of thiazole rings is 1. The van der Waals surface area contributed by atoms with E-state index in [2.05, 4.69) is 30.9 Å². The van der Waals surface area contributed by atoms with Crippen LogP contribution in [0.1, 0.15) is 56.2 Å². The average Bonchev–Trinajstić information content (AvgIpc) is 4.27. The summed E-state index contributed by atoms with van der Waals surface area (Å²) >= 11 is 8.14. The Morgan fingerprint density at radius 2 is 1.54 bits per heavy atom. The van der Waals surface area contributed by atoms with Crippen molar-refractivity contribution in [2.24, 2.45) is 5.41 Å². The first-order chi connectivity index (χ1) is 37.8. The molecule has 1 aliphatic rings. The maximum Gasteiger partial charge on any atom is 0.246 e. The van der Waals surface area contributed by atoms with Crippen LogP contribution in [0.15, 0.2) is 113 Å². The average molecular weight is 1110 g/mol. The number of fused-ring (bicyclic) bond motifs is 1. The molecule has 0 radical (unpaired) electrons. The Hall–Kier alpha value is -6.84. The Kier molecular flexibility index (Phi) is 20.7. The van der Waals surface area contributed by atoms with Gasteiger partial charge in [0.1, 0.15) is 67.1 Å². The van der Waals surface area contributed by atoms with Crippen molar-refractivity contribution in [3.63, 3.8) is 0 Å². The number of furan rings is 1. The minimum absolute atomic E-state index is 0.176. The normalized spacial score (nSPS) is 13.9. The van der Waals surface area contributed by atoms with E-state index in [0.717, 1.165) is 38.2 Å². The number of carbonyl (C=O) groups excluding carboxylic acids is 3. The van der Waals surface area contributed by atoms with Crippen LogP contribution in [0.2, 0.25) is 5.02 Å². The molecule has 1 unspecified atom stereocenters. The number of halogens is 2. The Bertz CT molecular complexity index is 3100. The third-order valence-electron chi connectivity index (χ3n) is 12.7. The maximum atomic E-state index is 13.9. The third-order valence-corrected chi connectivity index (χ3v) is 14.0. The van der Waals surface area contributed by atoms with Crippen molar-refractivity contribution < 1.29 is 51.6 Å². The molecule has 8 rings (SSSR count). The number of hydrogen-bond donors (Lipinski definition) is 3.